The maximum absolute atomic E-state index is 2.89. The lowest BCUT2D eigenvalue weighted by atomic mass is 9.55. The van der Waals surface area contributed by atoms with E-state index in [0.717, 1.165) is 17.8 Å². The van der Waals surface area contributed by atoms with Crippen molar-refractivity contribution in [3.05, 3.63) is 45.5 Å². The van der Waals surface area contributed by atoms with E-state index in [9.17, 15) is 0 Å². The summed E-state index contributed by atoms with van der Waals surface area (Å²) in [6.07, 6.45) is 6.58. The summed E-state index contributed by atoms with van der Waals surface area (Å²) in [6.45, 7) is 19.5. The van der Waals surface area contributed by atoms with E-state index in [0.29, 0.717) is 11.5 Å². The molecule has 0 aromatic heterocycles. The molecule has 0 radical (unpaired) electrons. The van der Waals surface area contributed by atoms with Crippen LogP contribution >= 0.6 is 0 Å². The Bertz CT molecular complexity index is 784. The van der Waals surface area contributed by atoms with Crippen molar-refractivity contribution in [1.29, 1.82) is 0 Å². The van der Waals surface area contributed by atoms with Crippen LogP contribution in [0.4, 0.5) is 0 Å². The number of benzene rings is 1. The van der Waals surface area contributed by atoms with Gasteiger partial charge in [0, 0.05) is 19.1 Å². The second kappa shape index (κ2) is 7.31. The predicted octanol–water partition coefficient (Wildman–Crippen LogP) is 7.02. The molecule has 2 aliphatic heterocycles. The zero-order valence-electron chi connectivity index (χ0n) is 19.4. The van der Waals surface area contributed by atoms with Crippen molar-refractivity contribution in [2.24, 2.45) is 23.2 Å². The molecule has 4 rings (SSSR count). The molecular formula is C27H41N. The molecule has 1 aromatic rings. The Morgan fingerprint density at radius 3 is 2.46 bits per heavy atom. The van der Waals surface area contributed by atoms with Gasteiger partial charge in [-0.15, -0.1) is 0 Å². The van der Waals surface area contributed by atoms with Crippen molar-refractivity contribution in [2.45, 2.75) is 86.6 Å². The Kier molecular flexibility index (Phi) is 5.28. The van der Waals surface area contributed by atoms with E-state index in [1.165, 1.54) is 56.3 Å². The molecule has 2 heterocycles. The number of hydrogen-bond donors (Lipinski definition) is 0. The average molecular weight is 380 g/mol. The molecule has 28 heavy (non-hydrogen) atoms. The van der Waals surface area contributed by atoms with E-state index in [1.807, 2.05) is 0 Å². The highest BCUT2D eigenvalue weighted by Crippen LogP contribution is 2.57. The third-order valence-corrected chi connectivity index (χ3v) is 8.76. The average Bonchev–Trinajstić information content (AvgIpc) is 2.64. The highest BCUT2D eigenvalue weighted by Gasteiger charge is 2.52. The number of fused-ring (bicyclic) bond motifs is 4. The van der Waals surface area contributed by atoms with Crippen molar-refractivity contribution in [2.75, 3.05) is 13.1 Å². The van der Waals surface area contributed by atoms with E-state index in [-0.39, 0.29) is 0 Å². The fraction of sp³-hybridized carbons (Fsp3) is 0.704. The van der Waals surface area contributed by atoms with Gasteiger partial charge in [0.25, 0.3) is 0 Å². The fourth-order valence-electron chi connectivity index (χ4n) is 7.04. The van der Waals surface area contributed by atoms with Gasteiger partial charge in [-0.05, 0) is 98.8 Å². The van der Waals surface area contributed by atoms with Crippen LogP contribution in [0.25, 0.3) is 0 Å². The summed E-state index contributed by atoms with van der Waals surface area (Å²) in [7, 11) is 0. The monoisotopic (exact) mass is 379 g/mol. The number of piperidine rings is 1. The maximum atomic E-state index is 2.89. The first-order valence-corrected chi connectivity index (χ1v) is 11.7. The Morgan fingerprint density at radius 2 is 1.75 bits per heavy atom. The molecule has 4 unspecified atom stereocenters. The van der Waals surface area contributed by atoms with Gasteiger partial charge < -0.3 is 0 Å². The van der Waals surface area contributed by atoms with Crippen LogP contribution in [0.5, 0.6) is 0 Å². The molecule has 1 fully saturated rings. The number of aryl methyl sites for hydroxylation is 2. The van der Waals surface area contributed by atoms with Crippen molar-refractivity contribution >= 4 is 0 Å². The summed E-state index contributed by atoms with van der Waals surface area (Å²) in [4.78, 5) is 2.89. The van der Waals surface area contributed by atoms with E-state index in [1.54, 1.807) is 22.3 Å². The van der Waals surface area contributed by atoms with Gasteiger partial charge in [0.05, 0.1) is 0 Å². The highest BCUT2D eigenvalue weighted by molar-refractivity contribution is 5.42. The van der Waals surface area contributed by atoms with Crippen molar-refractivity contribution < 1.29 is 0 Å². The smallest absolute Gasteiger partial charge is 0.0387 e. The molecule has 0 N–H and O–H groups in total. The molecule has 1 heteroatoms. The highest BCUT2D eigenvalue weighted by atomic mass is 15.2. The Balaban J connectivity index is 1.85. The summed E-state index contributed by atoms with van der Waals surface area (Å²) < 4.78 is 0. The second-order valence-electron chi connectivity index (χ2n) is 10.9. The van der Waals surface area contributed by atoms with Gasteiger partial charge in [-0.2, -0.15) is 0 Å². The van der Waals surface area contributed by atoms with Crippen molar-refractivity contribution in [3.63, 3.8) is 0 Å². The molecule has 1 nitrogen and oxygen atoms in total. The number of nitrogens with zero attached hydrogens (tertiary/aromatic N) is 1. The molecule has 1 aromatic carbocycles. The van der Waals surface area contributed by atoms with E-state index >= 15 is 0 Å². The topological polar surface area (TPSA) is 3.24 Å². The normalized spacial score (nSPS) is 30.7. The van der Waals surface area contributed by atoms with Crippen LogP contribution in [0.2, 0.25) is 0 Å². The van der Waals surface area contributed by atoms with Crippen LogP contribution in [-0.4, -0.2) is 18.0 Å². The van der Waals surface area contributed by atoms with Crippen LogP contribution < -0.4 is 0 Å². The van der Waals surface area contributed by atoms with Crippen LogP contribution in [-0.2, 0) is 6.42 Å². The molecule has 0 bridgehead atoms. The van der Waals surface area contributed by atoms with Gasteiger partial charge in [0.15, 0.2) is 0 Å². The summed E-state index contributed by atoms with van der Waals surface area (Å²) >= 11 is 0. The molecule has 1 aliphatic carbocycles. The maximum Gasteiger partial charge on any atom is 0.0387 e. The van der Waals surface area contributed by atoms with Gasteiger partial charge in [-0.25, -0.2) is 0 Å². The molecule has 0 amide bonds. The van der Waals surface area contributed by atoms with Gasteiger partial charge >= 0.3 is 0 Å². The third-order valence-electron chi connectivity index (χ3n) is 8.76. The van der Waals surface area contributed by atoms with Gasteiger partial charge in [0.2, 0.25) is 0 Å². The molecular weight excluding hydrogens is 338 g/mol. The van der Waals surface area contributed by atoms with Crippen LogP contribution in [0.1, 0.15) is 88.6 Å². The van der Waals surface area contributed by atoms with E-state index < -0.39 is 0 Å². The van der Waals surface area contributed by atoms with Gasteiger partial charge in [-0.1, -0.05) is 50.5 Å². The van der Waals surface area contributed by atoms with Gasteiger partial charge in [-0.3, -0.25) is 4.90 Å². The lowest BCUT2D eigenvalue weighted by molar-refractivity contribution is -0.0596. The van der Waals surface area contributed by atoms with E-state index in [2.05, 4.69) is 65.5 Å². The minimum absolute atomic E-state index is 0.389. The zero-order valence-corrected chi connectivity index (χ0v) is 19.4. The molecule has 154 valence electrons. The third kappa shape index (κ3) is 3.18. The van der Waals surface area contributed by atoms with E-state index in [4.69, 9.17) is 0 Å². The lowest BCUT2D eigenvalue weighted by Gasteiger charge is -2.58. The molecule has 0 spiro atoms. The SMILES string of the molecule is CCCC(C)(C)C1C2CCC(C)=C(C)C2CN2CCc3cc(C)c(C)cc3C12. The largest absolute Gasteiger partial charge is 0.295 e. The minimum atomic E-state index is 0.389. The first-order valence-electron chi connectivity index (χ1n) is 11.7. The summed E-state index contributed by atoms with van der Waals surface area (Å²) in [6, 6.07) is 5.69. The molecule has 1 saturated heterocycles. The molecule has 0 saturated carbocycles. The Hall–Kier alpha value is -1.08. The number of allylic oxidation sites excluding steroid dienone is 1. The number of hydrogen-bond acceptors (Lipinski definition) is 1. The predicted molar refractivity (Wildman–Crippen MR) is 121 cm³/mol. The molecule has 4 atom stereocenters. The molecule has 3 aliphatic rings. The van der Waals surface area contributed by atoms with Crippen LogP contribution in [0.3, 0.4) is 0 Å². The summed E-state index contributed by atoms with van der Waals surface area (Å²) in [5.74, 6) is 2.38. The minimum Gasteiger partial charge on any atom is -0.295 e. The second-order valence-corrected chi connectivity index (χ2v) is 10.9. The first kappa shape index (κ1) is 20.2. The van der Waals surface area contributed by atoms with Crippen molar-refractivity contribution in [3.8, 4) is 0 Å². The van der Waals surface area contributed by atoms with Crippen LogP contribution in [0.15, 0.2) is 23.3 Å². The zero-order chi connectivity index (χ0) is 20.2. The quantitative estimate of drug-likeness (QED) is 0.510. The number of rotatable bonds is 3. The van der Waals surface area contributed by atoms with Crippen LogP contribution in [0, 0.1) is 37.0 Å². The fourth-order valence-corrected chi connectivity index (χ4v) is 7.04. The Labute approximate surface area is 173 Å². The standard InChI is InChI=1S/C27H41N/c1-8-12-27(6,7)25-22-10-9-17(2)20(5)24(22)16-28-13-11-21-14-18(3)19(4)15-23(21)26(25)28/h14-15,22,24-26H,8-13,16H2,1-7H3. The first-order chi connectivity index (χ1) is 13.2. The Morgan fingerprint density at radius 1 is 1.04 bits per heavy atom. The van der Waals surface area contributed by atoms with Crippen molar-refractivity contribution in [1.82, 2.24) is 4.90 Å². The van der Waals surface area contributed by atoms with Gasteiger partial charge in [0.1, 0.15) is 0 Å². The lowest BCUT2D eigenvalue weighted by Crippen LogP contribution is -2.55. The summed E-state index contributed by atoms with van der Waals surface area (Å²) in [5.41, 5.74) is 10.0. The summed E-state index contributed by atoms with van der Waals surface area (Å²) in [5, 5.41) is 0.